The average Bonchev–Trinajstić information content (AvgIpc) is 3.26. The molecule has 1 aromatic rings. The maximum absolute atomic E-state index is 12.2. The molecule has 0 bridgehead atoms. The maximum atomic E-state index is 12.2. The number of methoxy groups -OCH3 is 1. The lowest BCUT2D eigenvalue weighted by Crippen LogP contribution is -2.50. The summed E-state index contributed by atoms with van der Waals surface area (Å²) in [6.45, 7) is 4.06. The normalized spacial score (nSPS) is 26.2. The Bertz CT molecular complexity index is 741. The molecule has 3 atom stereocenters. The quantitative estimate of drug-likeness (QED) is 0.701. The van der Waals surface area contributed by atoms with Crippen molar-refractivity contribution in [1.82, 2.24) is 24.6 Å². The third kappa shape index (κ3) is 6.39. The lowest BCUT2D eigenvalue weighted by atomic mass is 9.92. The van der Waals surface area contributed by atoms with E-state index in [1.54, 1.807) is 13.4 Å². The highest BCUT2D eigenvalue weighted by molar-refractivity contribution is 5.77. The van der Waals surface area contributed by atoms with Gasteiger partial charge in [0.15, 0.2) is 0 Å². The first kappa shape index (κ1) is 23.5. The van der Waals surface area contributed by atoms with Crippen LogP contribution in [0.5, 0.6) is 0 Å². The van der Waals surface area contributed by atoms with E-state index < -0.39 is 12.1 Å². The minimum Gasteiger partial charge on any atom is -0.475 e. The minimum absolute atomic E-state index is 0.129. The fourth-order valence-electron chi connectivity index (χ4n) is 4.49. The molecule has 174 valence electrons. The number of piperidine rings is 1. The molecule has 2 saturated heterocycles. The summed E-state index contributed by atoms with van der Waals surface area (Å²) in [5, 5.41) is 11.4. The van der Waals surface area contributed by atoms with Gasteiger partial charge in [0.05, 0.1) is 6.54 Å². The van der Waals surface area contributed by atoms with Gasteiger partial charge in [-0.2, -0.15) is 18.3 Å². The van der Waals surface area contributed by atoms with E-state index in [2.05, 4.69) is 15.0 Å². The number of hydrogen-bond donors (Lipinski definition) is 1. The second kappa shape index (κ2) is 9.94. The van der Waals surface area contributed by atoms with Gasteiger partial charge in [-0.3, -0.25) is 14.4 Å². The number of carboxylic acids is 1. The zero-order valence-corrected chi connectivity index (χ0v) is 17.4. The number of likely N-dealkylation sites (tertiary alicyclic amines) is 2. The number of carbonyl (C=O) groups is 2. The number of aromatic nitrogens is 3. The molecular weight excluding hydrogens is 419 g/mol. The molecular formula is C19H28F3N5O4. The Kier molecular flexibility index (Phi) is 7.52. The third-order valence-electron chi connectivity index (χ3n) is 6.06. The Hall–Kier alpha value is -2.21. The molecule has 0 radical (unpaired) electrons. The molecule has 1 amide bonds. The van der Waals surface area contributed by atoms with Crippen molar-refractivity contribution in [3.63, 3.8) is 0 Å². The molecule has 3 heterocycles. The summed E-state index contributed by atoms with van der Waals surface area (Å²) < 4.78 is 38.7. The molecule has 12 heteroatoms. The van der Waals surface area contributed by atoms with Crippen LogP contribution in [0.25, 0.3) is 0 Å². The number of halogens is 3. The summed E-state index contributed by atoms with van der Waals surface area (Å²) in [5.41, 5.74) is 0. The summed E-state index contributed by atoms with van der Waals surface area (Å²) in [6, 6.07) is 1.13. The molecule has 0 unspecified atom stereocenters. The van der Waals surface area contributed by atoms with Gasteiger partial charge in [-0.25, -0.2) is 9.78 Å². The molecule has 31 heavy (non-hydrogen) atoms. The number of fused-ring (bicyclic) bond motifs is 1. The Morgan fingerprint density at radius 1 is 1.23 bits per heavy atom. The Morgan fingerprint density at radius 3 is 2.48 bits per heavy atom. The van der Waals surface area contributed by atoms with Gasteiger partial charge < -0.3 is 14.7 Å². The van der Waals surface area contributed by atoms with Crippen LogP contribution in [-0.4, -0.2) is 93.2 Å². The van der Waals surface area contributed by atoms with Crippen molar-refractivity contribution in [2.45, 2.75) is 50.5 Å². The van der Waals surface area contributed by atoms with E-state index in [0.29, 0.717) is 18.0 Å². The van der Waals surface area contributed by atoms with Gasteiger partial charge in [0.1, 0.15) is 19.3 Å². The lowest BCUT2D eigenvalue weighted by molar-refractivity contribution is -0.192. The molecule has 0 aromatic carbocycles. The SMILES string of the molecule is COCC(=O)N1CC[C@H]2[C@H](C[C@@H](Cn3cncn3)N2CC2CC2)C1.O=C(O)C(F)(F)F. The van der Waals surface area contributed by atoms with E-state index in [4.69, 9.17) is 14.6 Å². The van der Waals surface area contributed by atoms with Crippen LogP contribution in [0.3, 0.4) is 0 Å². The highest BCUT2D eigenvalue weighted by Crippen LogP contribution is 2.40. The molecule has 1 N–H and O–H groups in total. The van der Waals surface area contributed by atoms with Crippen LogP contribution in [0.15, 0.2) is 12.7 Å². The number of ether oxygens (including phenoxy) is 1. The lowest BCUT2D eigenvalue weighted by Gasteiger charge is -2.38. The molecule has 0 spiro atoms. The van der Waals surface area contributed by atoms with E-state index in [0.717, 1.165) is 38.4 Å². The topological polar surface area (TPSA) is 101 Å². The van der Waals surface area contributed by atoms with Crippen LogP contribution >= 0.6 is 0 Å². The van der Waals surface area contributed by atoms with E-state index in [9.17, 15) is 18.0 Å². The summed E-state index contributed by atoms with van der Waals surface area (Å²) in [7, 11) is 1.59. The van der Waals surface area contributed by atoms with Gasteiger partial charge in [0, 0.05) is 38.8 Å². The first-order valence-corrected chi connectivity index (χ1v) is 10.3. The van der Waals surface area contributed by atoms with Gasteiger partial charge in [-0.05, 0) is 37.5 Å². The molecule has 1 aliphatic carbocycles. The van der Waals surface area contributed by atoms with Crippen LogP contribution < -0.4 is 0 Å². The molecule has 3 aliphatic rings. The van der Waals surface area contributed by atoms with Crippen LogP contribution in [0.4, 0.5) is 13.2 Å². The Balaban J connectivity index is 0.000000339. The van der Waals surface area contributed by atoms with Gasteiger partial charge in [-0.15, -0.1) is 0 Å². The zero-order valence-electron chi connectivity index (χ0n) is 17.4. The molecule has 9 nitrogen and oxygen atoms in total. The molecule has 2 aliphatic heterocycles. The Morgan fingerprint density at radius 2 is 1.94 bits per heavy atom. The number of hydrogen-bond acceptors (Lipinski definition) is 6. The second-order valence-corrected chi connectivity index (χ2v) is 8.34. The van der Waals surface area contributed by atoms with Crippen LogP contribution in [0.2, 0.25) is 0 Å². The van der Waals surface area contributed by atoms with Crippen molar-refractivity contribution in [3.8, 4) is 0 Å². The first-order valence-electron chi connectivity index (χ1n) is 10.3. The predicted octanol–water partition coefficient (Wildman–Crippen LogP) is 1.26. The van der Waals surface area contributed by atoms with Crippen molar-refractivity contribution in [1.29, 1.82) is 0 Å². The number of rotatable bonds is 6. The van der Waals surface area contributed by atoms with Crippen molar-refractivity contribution >= 4 is 11.9 Å². The number of nitrogens with zero attached hydrogens (tertiary/aromatic N) is 5. The standard InChI is InChI=1S/C17H27N5O2.C2HF3O2/c1-24-10-17(23)20-5-4-16-14(8-20)6-15(9-21-12-18-11-19-21)22(16)7-13-2-3-13;3-2(4,5)1(6)7/h11-16H,2-10H2,1H3;(H,6,7)/t14-,15+,16+;/m1./s1. The van der Waals surface area contributed by atoms with Crippen molar-refractivity contribution in [3.05, 3.63) is 12.7 Å². The number of carboxylic acid groups (broad SMARTS) is 1. The fraction of sp³-hybridized carbons (Fsp3) is 0.789. The fourth-order valence-corrected chi connectivity index (χ4v) is 4.49. The predicted molar refractivity (Wildman–Crippen MR) is 102 cm³/mol. The largest absolute Gasteiger partial charge is 0.490 e. The zero-order chi connectivity index (χ0) is 22.6. The summed E-state index contributed by atoms with van der Waals surface area (Å²) >= 11 is 0. The van der Waals surface area contributed by atoms with Crippen LogP contribution in [-0.2, 0) is 20.9 Å². The number of aliphatic carboxylic acids is 1. The first-order chi connectivity index (χ1) is 14.7. The highest BCUT2D eigenvalue weighted by atomic mass is 19.4. The van der Waals surface area contributed by atoms with E-state index in [-0.39, 0.29) is 12.5 Å². The van der Waals surface area contributed by atoms with Crippen LogP contribution in [0, 0.1) is 11.8 Å². The highest BCUT2D eigenvalue weighted by Gasteiger charge is 2.46. The number of amides is 1. The monoisotopic (exact) mass is 447 g/mol. The van der Waals surface area contributed by atoms with E-state index in [1.165, 1.54) is 19.4 Å². The Labute approximate surface area is 178 Å². The number of carbonyl (C=O) groups excluding carboxylic acids is 1. The minimum atomic E-state index is -5.08. The average molecular weight is 447 g/mol. The van der Waals surface area contributed by atoms with Gasteiger partial charge in [-0.1, -0.05) is 0 Å². The van der Waals surface area contributed by atoms with Crippen molar-refractivity contribution < 1.29 is 32.6 Å². The molecule has 1 aromatic heterocycles. The second-order valence-electron chi connectivity index (χ2n) is 8.34. The maximum Gasteiger partial charge on any atom is 0.490 e. The van der Waals surface area contributed by atoms with Gasteiger partial charge in [0.25, 0.3) is 0 Å². The van der Waals surface area contributed by atoms with E-state index >= 15 is 0 Å². The molecule has 1 saturated carbocycles. The van der Waals surface area contributed by atoms with Crippen molar-refractivity contribution in [2.75, 3.05) is 33.4 Å². The molecule has 4 rings (SSSR count). The van der Waals surface area contributed by atoms with Gasteiger partial charge >= 0.3 is 12.1 Å². The summed E-state index contributed by atoms with van der Waals surface area (Å²) in [4.78, 5) is 29.9. The van der Waals surface area contributed by atoms with Crippen LogP contribution in [0.1, 0.15) is 25.7 Å². The van der Waals surface area contributed by atoms with E-state index in [1.807, 2.05) is 15.9 Å². The smallest absolute Gasteiger partial charge is 0.475 e. The number of alkyl halides is 3. The van der Waals surface area contributed by atoms with Crippen molar-refractivity contribution in [2.24, 2.45) is 11.8 Å². The third-order valence-corrected chi connectivity index (χ3v) is 6.06. The molecule has 3 fully saturated rings. The summed E-state index contributed by atoms with van der Waals surface area (Å²) in [5.74, 6) is -1.17. The summed E-state index contributed by atoms with van der Waals surface area (Å²) in [6.07, 6.45) is 3.32. The van der Waals surface area contributed by atoms with Gasteiger partial charge in [0.2, 0.25) is 5.91 Å².